The number of alkyl halides is 2. The molecule has 1 amide bonds. The largest absolute Gasteiger partial charge is 0.382 e. The fourth-order valence-electron chi connectivity index (χ4n) is 3.29. The highest BCUT2D eigenvalue weighted by atomic mass is 32.2. The molecule has 1 aromatic heterocycles. The van der Waals surface area contributed by atoms with Crippen LogP contribution in [0, 0.1) is 0 Å². The van der Waals surface area contributed by atoms with E-state index in [-0.39, 0.29) is 17.5 Å². The molecule has 1 fully saturated rings. The molecule has 10 heteroatoms. The number of likely N-dealkylation sites (tertiary alicyclic amines) is 1. The van der Waals surface area contributed by atoms with Gasteiger partial charge in [-0.1, -0.05) is 54.6 Å². The molecule has 0 unspecified atom stereocenters. The fraction of sp³-hybridized carbons (Fsp3) is 0.429. The van der Waals surface area contributed by atoms with Gasteiger partial charge in [-0.2, -0.15) is 8.78 Å². The van der Waals surface area contributed by atoms with E-state index in [1.165, 1.54) is 30.3 Å². The van der Waals surface area contributed by atoms with Gasteiger partial charge in [-0.05, 0) is 23.3 Å². The molecule has 0 spiro atoms. The van der Waals surface area contributed by atoms with Gasteiger partial charge in [0.15, 0.2) is 5.82 Å². The predicted molar refractivity (Wildman–Crippen MR) is 114 cm³/mol. The zero-order valence-corrected chi connectivity index (χ0v) is 17.7. The van der Waals surface area contributed by atoms with Crippen LogP contribution < -0.4 is 0 Å². The molecular weight excluding hydrogens is 424 g/mol. The number of H-pyrrole nitrogens is 1. The molecule has 3 rings (SSSR count). The van der Waals surface area contributed by atoms with E-state index in [2.05, 4.69) is 20.6 Å². The molecule has 2 heterocycles. The molecule has 1 saturated heterocycles. The summed E-state index contributed by atoms with van der Waals surface area (Å²) in [5.41, 5.74) is -0.245. The van der Waals surface area contributed by atoms with Crippen LogP contribution in [-0.4, -0.2) is 61.0 Å². The number of carbonyl (C=O) groups excluding carboxylic acids is 1. The summed E-state index contributed by atoms with van der Waals surface area (Å²) in [6, 6.07) is 6.91. The second-order valence-electron chi connectivity index (χ2n) is 7.16. The highest BCUT2D eigenvalue weighted by Crippen LogP contribution is 2.32. The molecule has 1 aromatic carbocycles. The average Bonchev–Trinajstić information content (AvgIpc) is 3.29. The minimum absolute atomic E-state index is 0.0183. The van der Waals surface area contributed by atoms with E-state index in [4.69, 9.17) is 0 Å². The van der Waals surface area contributed by atoms with Gasteiger partial charge in [0, 0.05) is 24.3 Å². The quantitative estimate of drug-likeness (QED) is 0.428. The van der Waals surface area contributed by atoms with Crippen molar-refractivity contribution < 1.29 is 18.7 Å². The minimum Gasteiger partial charge on any atom is -0.382 e. The van der Waals surface area contributed by atoms with Crippen LogP contribution >= 0.6 is 11.8 Å². The Bertz CT molecular complexity index is 877. The van der Waals surface area contributed by atoms with Gasteiger partial charge in [0.2, 0.25) is 5.91 Å². The van der Waals surface area contributed by atoms with Crippen LogP contribution in [0.4, 0.5) is 8.78 Å². The van der Waals surface area contributed by atoms with Gasteiger partial charge in [0.1, 0.15) is 6.10 Å². The average molecular weight is 450 g/mol. The maximum Gasteiger partial charge on any atom is 0.302 e. The van der Waals surface area contributed by atoms with Gasteiger partial charge < -0.3 is 10.0 Å². The Labute approximate surface area is 183 Å². The number of piperidine rings is 1. The number of nitrogens with zero attached hydrogens (tertiary/aromatic N) is 4. The van der Waals surface area contributed by atoms with Crippen molar-refractivity contribution >= 4 is 17.7 Å². The number of amides is 1. The summed E-state index contributed by atoms with van der Waals surface area (Å²) in [7, 11) is 0. The van der Waals surface area contributed by atoms with Crippen molar-refractivity contribution in [1.29, 1.82) is 0 Å². The van der Waals surface area contributed by atoms with E-state index in [0.29, 0.717) is 37.4 Å². The summed E-state index contributed by atoms with van der Waals surface area (Å²) in [4.78, 5) is 14.0. The number of rotatable bonds is 10. The van der Waals surface area contributed by atoms with Crippen molar-refractivity contribution in [2.24, 2.45) is 0 Å². The van der Waals surface area contributed by atoms with Gasteiger partial charge in [0.05, 0.1) is 11.8 Å². The van der Waals surface area contributed by atoms with Gasteiger partial charge in [0.25, 0.3) is 0 Å². The zero-order valence-electron chi connectivity index (χ0n) is 16.9. The van der Waals surface area contributed by atoms with Gasteiger partial charge in [-0.25, -0.2) is 5.10 Å². The molecule has 2 atom stereocenters. The van der Waals surface area contributed by atoms with Crippen LogP contribution in [0.25, 0.3) is 0 Å². The topological polar surface area (TPSA) is 95.0 Å². The third-order valence-corrected chi connectivity index (χ3v) is 5.87. The summed E-state index contributed by atoms with van der Waals surface area (Å²) >= 11 is 1.62. The number of nitrogens with one attached hydrogen (secondary N) is 1. The smallest absolute Gasteiger partial charge is 0.302 e. The van der Waals surface area contributed by atoms with Gasteiger partial charge in [-0.15, -0.1) is 16.9 Å². The van der Waals surface area contributed by atoms with Crippen molar-refractivity contribution in [3.63, 3.8) is 0 Å². The van der Waals surface area contributed by atoms with Crippen LogP contribution in [0.2, 0.25) is 0 Å². The van der Waals surface area contributed by atoms with Gasteiger partial charge >= 0.3 is 5.92 Å². The van der Waals surface area contributed by atoms with Crippen LogP contribution in [-0.2, 0) is 16.5 Å². The second kappa shape index (κ2) is 11.1. The predicted octanol–water partition coefficient (Wildman–Crippen LogP) is 3.08. The number of hydrogen-bond acceptors (Lipinski definition) is 6. The molecule has 1 aliphatic rings. The molecule has 7 nitrogen and oxygen atoms in total. The van der Waals surface area contributed by atoms with Crippen molar-refractivity contribution in [3.8, 4) is 0 Å². The number of thioether (sulfide) groups is 1. The molecule has 0 aliphatic carbocycles. The molecular formula is C21H25F2N5O2S. The fourth-order valence-corrected chi connectivity index (χ4v) is 3.99. The minimum atomic E-state index is -3.41. The van der Waals surface area contributed by atoms with E-state index in [0.717, 1.165) is 11.8 Å². The van der Waals surface area contributed by atoms with E-state index < -0.39 is 12.0 Å². The maximum absolute atomic E-state index is 14.5. The summed E-state index contributed by atoms with van der Waals surface area (Å²) in [5.74, 6) is -1.35. The van der Waals surface area contributed by atoms with Crippen molar-refractivity contribution in [2.45, 2.75) is 43.1 Å². The number of aromatic amines is 1. The maximum atomic E-state index is 14.5. The summed E-state index contributed by atoms with van der Waals surface area (Å²) in [5, 5.41) is 23.6. The van der Waals surface area contributed by atoms with Crippen molar-refractivity contribution in [2.75, 3.05) is 12.3 Å². The molecule has 31 heavy (non-hydrogen) atoms. The molecule has 0 radical (unpaired) electrons. The number of aliphatic hydroxyl groups is 1. The van der Waals surface area contributed by atoms with Crippen molar-refractivity contribution in [3.05, 3.63) is 66.0 Å². The summed E-state index contributed by atoms with van der Waals surface area (Å²) < 4.78 is 29.0. The standard InChI is InChI=1S/C21H25F2N5O2S/c22-21(23,16-7-2-1-3-8-16)18(29)12-11-17-9-6-10-20(30)28(17)13-4-5-14-31-15-19-24-26-27-25-19/h1-5,7-8,11-12,17-18,29H,6,9-10,13-15H2,(H,24,25,26,27)/t17-,18-/m1/s1. The number of halogens is 2. The van der Waals surface area contributed by atoms with Crippen LogP contribution in [0.5, 0.6) is 0 Å². The van der Waals surface area contributed by atoms with E-state index in [9.17, 15) is 18.7 Å². The van der Waals surface area contributed by atoms with E-state index in [1.54, 1.807) is 22.7 Å². The first-order valence-electron chi connectivity index (χ1n) is 10.0. The monoisotopic (exact) mass is 449 g/mol. The lowest BCUT2D eigenvalue weighted by Gasteiger charge is -2.33. The number of tetrazole rings is 1. The number of hydrogen-bond donors (Lipinski definition) is 2. The third kappa shape index (κ3) is 6.44. The number of aliphatic hydroxyl groups excluding tert-OH is 1. The lowest BCUT2D eigenvalue weighted by atomic mass is 9.98. The van der Waals surface area contributed by atoms with E-state index >= 15 is 0 Å². The molecule has 2 aromatic rings. The van der Waals surface area contributed by atoms with Gasteiger partial charge in [-0.3, -0.25) is 4.79 Å². The normalized spacial score (nSPS) is 18.9. The third-order valence-electron chi connectivity index (χ3n) is 4.97. The van der Waals surface area contributed by atoms with Crippen LogP contribution in [0.3, 0.4) is 0 Å². The van der Waals surface area contributed by atoms with E-state index in [1.807, 2.05) is 12.2 Å². The second-order valence-corrected chi connectivity index (χ2v) is 8.19. The Kier molecular flexibility index (Phi) is 8.30. The van der Waals surface area contributed by atoms with Crippen LogP contribution in [0.15, 0.2) is 54.6 Å². The lowest BCUT2D eigenvalue weighted by molar-refractivity contribution is -0.134. The Morgan fingerprint density at radius 1 is 1.32 bits per heavy atom. The molecule has 1 aliphatic heterocycles. The molecule has 166 valence electrons. The molecule has 0 saturated carbocycles. The lowest BCUT2D eigenvalue weighted by Crippen LogP contribution is -2.43. The molecule has 0 bridgehead atoms. The SMILES string of the molecule is O=C1CCC[C@H](C=C[C@@H](O)C(F)(F)c2ccccc2)N1CC=CCSCc1nnn[nH]1. The highest BCUT2D eigenvalue weighted by Gasteiger charge is 2.39. The first-order valence-corrected chi connectivity index (χ1v) is 11.2. The Balaban J connectivity index is 1.54. The van der Waals surface area contributed by atoms with Crippen molar-refractivity contribution in [1.82, 2.24) is 25.5 Å². The zero-order chi connectivity index (χ0) is 22.1. The summed E-state index contributed by atoms with van der Waals surface area (Å²) in [6.45, 7) is 0.392. The first-order chi connectivity index (χ1) is 15.0. The van der Waals surface area contributed by atoms with Crippen LogP contribution in [0.1, 0.15) is 30.7 Å². The Hall–Kier alpha value is -2.59. The number of carbonyl (C=O) groups is 1. The number of aromatic nitrogens is 4. The first kappa shape index (κ1) is 23.1. The highest BCUT2D eigenvalue weighted by molar-refractivity contribution is 7.98. The Morgan fingerprint density at radius 2 is 2.13 bits per heavy atom. The molecule has 2 N–H and O–H groups in total. The Morgan fingerprint density at radius 3 is 2.87 bits per heavy atom. The summed E-state index contributed by atoms with van der Waals surface area (Å²) in [6.07, 6.45) is 6.32. The number of benzene rings is 1.